The Balaban J connectivity index is 1.18. The second-order valence-corrected chi connectivity index (χ2v) is 7.44. The fourth-order valence-corrected chi connectivity index (χ4v) is 4.03. The highest BCUT2D eigenvalue weighted by Gasteiger charge is 2.16. The second kappa shape index (κ2) is 7.12. The first-order valence-electron chi connectivity index (χ1n) is 8.87. The summed E-state index contributed by atoms with van der Waals surface area (Å²) in [6.45, 7) is 1.12. The molecule has 0 saturated heterocycles. The van der Waals surface area contributed by atoms with E-state index in [0.29, 0.717) is 22.9 Å². The molecule has 5 rings (SSSR count). The van der Waals surface area contributed by atoms with Crippen molar-refractivity contribution in [2.75, 3.05) is 24.5 Å². The van der Waals surface area contributed by atoms with Gasteiger partial charge < -0.3 is 24.1 Å². The summed E-state index contributed by atoms with van der Waals surface area (Å²) < 4.78 is 18.3. The van der Waals surface area contributed by atoms with Crippen LogP contribution in [0.4, 0.5) is 5.69 Å². The van der Waals surface area contributed by atoms with E-state index >= 15 is 0 Å². The van der Waals surface area contributed by atoms with Crippen LogP contribution in [0.25, 0.3) is 11.3 Å². The number of aryl methyl sites for hydroxylation is 1. The molecule has 0 saturated carbocycles. The van der Waals surface area contributed by atoms with Crippen LogP contribution in [0, 0.1) is 0 Å². The summed E-state index contributed by atoms with van der Waals surface area (Å²) in [5, 5.41) is 3.90. The third-order valence-corrected chi connectivity index (χ3v) is 5.45. The highest BCUT2D eigenvalue weighted by molar-refractivity contribution is 7.99. The van der Waals surface area contributed by atoms with Crippen LogP contribution in [0.3, 0.4) is 0 Å². The van der Waals surface area contributed by atoms with Gasteiger partial charge in [0.1, 0.15) is 5.75 Å². The zero-order chi connectivity index (χ0) is 18.9. The lowest BCUT2D eigenvalue weighted by Crippen LogP contribution is -2.20. The molecular weight excluding hydrogens is 378 g/mol. The zero-order valence-electron chi connectivity index (χ0n) is 14.9. The highest BCUT2D eigenvalue weighted by Crippen LogP contribution is 2.35. The standard InChI is InChI=1S/C20H17N3O4S/c24-19(11-25-15-5-6-17-18(9-15)27-12-26-17)21-14-3-1-13(2-4-14)16-10-23-7-8-28-20(23)22-16/h1-6,9-10H,7-8,11-12H2,(H,21,24). The van der Waals surface area contributed by atoms with E-state index < -0.39 is 0 Å². The van der Waals surface area contributed by atoms with Gasteiger partial charge in [-0.1, -0.05) is 23.9 Å². The average molecular weight is 395 g/mol. The van der Waals surface area contributed by atoms with Gasteiger partial charge in [0.2, 0.25) is 6.79 Å². The van der Waals surface area contributed by atoms with Gasteiger partial charge in [-0.05, 0) is 24.3 Å². The van der Waals surface area contributed by atoms with Gasteiger partial charge in [-0.25, -0.2) is 4.98 Å². The van der Waals surface area contributed by atoms with Crippen molar-refractivity contribution >= 4 is 23.4 Å². The summed E-state index contributed by atoms with van der Waals surface area (Å²) in [6.07, 6.45) is 2.07. The molecule has 0 radical (unpaired) electrons. The second-order valence-electron chi connectivity index (χ2n) is 6.38. The molecule has 0 unspecified atom stereocenters. The number of ether oxygens (including phenoxy) is 3. The molecule has 1 aromatic heterocycles. The molecule has 0 aliphatic carbocycles. The quantitative estimate of drug-likeness (QED) is 0.714. The first-order valence-corrected chi connectivity index (χ1v) is 9.86. The number of fused-ring (bicyclic) bond motifs is 2. The fourth-order valence-electron chi connectivity index (χ4n) is 3.09. The number of nitrogens with one attached hydrogen (secondary N) is 1. The lowest BCUT2D eigenvalue weighted by molar-refractivity contribution is -0.118. The molecule has 7 nitrogen and oxygen atoms in total. The van der Waals surface area contributed by atoms with E-state index in [9.17, 15) is 4.79 Å². The fraction of sp³-hybridized carbons (Fsp3) is 0.200. The number of anilines is 1. The zero-order valence-corrected chi connectivity index (χ0v) is 15.7. The predicted octanol–water partition coefficient (Wildman–Crippen LogP) is 3.40. The minimum Gasteiger partial charge on any atom is -0.484 e. The van der Waals surface area contributed by atoms with Crippen molar-refractivity contribution in [3.8, 4) is 28.5 Å². The normalized spacial score (nSPS) is 14.0. The van der Waals surface area contributed by atoms with Crippen molar-refractivity contribution in [2.45, 2.75) is 11.7 Å². The molecule has 3 aromatic rings. The molecule has 3 heterocycles. The van der Waals surface area contributed by atoms with Gasteiger partial charge in [-0.3, -0.25) is 4.79 Å². The third-order valence-electron chi connectivity index (χ3n) is 4.48. The van der Waals surface area contributed by atoms with Crippen LogP contribution in [0.1, 0.15) is 0 Å². The maximum Gasteiger partial charge on any atom is 0.262 e. The van der Waals surface area contributed by atoms with Gasteiger partial charge in [0.05, 0.1) is 5.69 Å². The number of carbonyl (C=O) groups is 1. The number of amides is 1. The monoisotopic (exact) mass is 395 g/mol. The van der Waals surface area contributed by atoms with Gasteiger partial charge >= 0.3 is 0 Å². The van der Waals surface area contributed by atoms with E-state index in [4.69, 9.17) is 14.2 Å². The number of benzene rings is 2. The summed E-state index contributed by atoms with van der Waals surface area (Å²) in [4.78, 5) is 16.8. The van der Waals surface area contributed by atoms with Gasteiger partial charge in [-0.2, -0.15) is 0 Å². The number of hydrogen-bond donors (Lipinski definition) is 1. The number of thioether (sulfide) groups is 1. The molecule has 2 aliphatic rings. The number of rotatable bonds is 5. The molecular formula is C20H17N3O4S. The molecule has 0 bridgehead atoms. The van der Waals surface area contributed by atoms with Gasteiger partial charge in [0, 0.05) is 35.8 Å². The Morgan fingerprint density at radius 1 is 1.18 bits per heavy atom. The highest BCUT2D eigenvalue weighted by atomic mass is 32.2. The van der Waals surface area contributed by atoms with Crippen molar-refractivity contribution in [3.63, 3.8) is 0 Å². The van der Waals surface area contributed by atoms with Crippen LogP contribution in [0.5, 0.6) is 17.2 Å². The van der Waals surface area contributed by atoms with Crippen LogP contribution >= 0.6 is 11.8 Å². The Morgan fingerprint density at radius 2 is 2.04 bits per heavy atom. The molecule has 8 heteroatoms. The predicted molar refractivity (Wildman–Crippen MR) is 105 cm³/mol. The van der Waals surface area contributed by atoms with Crippen LogP contribution in [-0.4, -0.2) is 34.6 Å². The minimum absolute atomic E-state index is 0.0909. The molecule has 2 aliphatic heterocycles. The van der Waals surface area contributed by atoms with E-state index in [2.05, 4.69) is 21.1 Å². The lowest BCUT2D eigenvalue weighted by atomic mass is 10.1. The summed E-state index contributed by atoms with van der Waals surface area (Å²) in [6, 6.07) is 12.9. The number of nitrogens with zero attached hydrogens (tertiary/aromatic N) is 2. The molecule has 0 atom stereocenters. The van der Waals surface area contributed by atoms with Crippen molar-refractivity contribution in [1.82, 2.24) is 9.55 Å². The van der Waals surface area contributed by atoms with E-state index in [1.165, 1.54) is 0 Å². The first-order chi connectivity index (χ1) is 13.7. The largest absolute Gasteiger partial charge is 0.484 e. The van der Waals surface area contributed by atoms with Crippen molar-refractivity contribution < 1.29 is 19.0 Å². The smallest absolute Gasteiger partial charge is 0.262 e. The van der Waals surface area contributed by atoms with Crippen LogP contribution in [0.15, 0.2) is 53.8 Å². The van der Waals surface area contributed by atoms with E-state index in [1.807, 2.05) is 24.3 Å². The Bertz CT molecular complexity index is 1010. The van der Waals surface area contributed by atoms with E-state index in [-0.39, 0.29) is 19.3 Å². The summed E-state index contributed by atoms with van der Waals surface area (Å²) in [7, 11) is 0. The molecule has 1 amide bonds. The molecule has 142 valence electrons. The Morgan fingerprint density at radius 3 is 2.89 bits per heavy atom. The molecule has 0 spiro atoms. The Labute approximate surface area is 165 Å². The first kappa shape index (κ1) is 17.0. The van der Waals surface area contributed by atoms with E-state index in [1.54, 1.807) is 30.0 Å². The van der Waals surface area contributed by atoms with E-state index in [0.717, 1.165) is 28.7 Å². The Hall–Kier alpha value is -3.13. The molecule has 2 aromatic carbocycles. The molecule has 1 N–H and O–H groups in total. The van der Waals surface area contributed by atoms with Crippen LogP contribution in [0.2, 0.25) is 0 Å². The van der Waals surface area contributed by atoms with Gasteiger partial charge in [0.25, 0.3) is 5.91 Å². The summed E-state index contributed by atoms with van der Waals surface area (Å²) in [5.41, 5.74) is 2.69. The number of imidazole rings is 1. The molecule has 0 fully saturated rings. The maximum atomic E-state index is 12.2. The summed E-state index contributed by atoms with van der Waals surface area (Å²) in [5.74, 6) is 2.71. The average Bonchev–Trinajstić information content (AvgIpc) is 3.42. The third kappa shape index (κ3) is 3.38. The van der Waals surface area contributed by atoms with Crippen LogP contribution < -0.4 is 19.5 Å². The van der Waals surface area contributed by atoms with Gasteiger partial charge in [-0.15, -0.1) is 0 Å². The topological polar surface area (TPSA) is 74.6 Å². The summed E-state index contributed by atoms with van der Waals surface area (Å²) >= 11 is 1.77. The lowest BCUT2D eigenvalue weighted by Gasteiger charge is -2.08. The van der Waals surface area contributed by atoms with Crippen molar-refractivity contribution in [3.05, 3.63) is 48.7 Å². The molecule has 28 heavy (non-hydrogen) atoms. The SMILES string of the molecule is O=C(COc1ccc2c(c1)OCO2)Nc1ccc(-c2cn3c(n2)SCC3)cc1. The van der Waals surface area contributed by atoms with Gasteiger partial charge in [0.15, 0.2) is 23.3 Å². The van der Waals surface area contributed by atoms with Crippen molar-refractivity contribution in [1.29, 1.82) is 0 Å². The number of carbonyl (C=O) groups excluding carboxylic acids is 1. The van der Waals surface area contributed by atoms with Crippen molar-refractivity contribution in [2.24, 2.45) is 0 Å². The maximum absolute atomic E-state index is 12.2. The minimum atomic E-state index is -0.234. The number of hydrogen-bond acceptors (Lipinski definition) is 6. The van der Waals surface area contributed by atoms with Crippen LogP contribution in [-0.2, 0) is 11.3 Å². The number of aromatic nitrogens is 2. The Kier molecular flexibility index (Phi) is 4.32.